The standard InChI is InChI=1S/C14H29NO/c1-3-5-11-15(12-6-4-2)13-9-7-8-10-14(13)16/h13-14,16H,3-12H2,1-2H3/t13-,14-/m1/s1. The van der Waals surface area contributed by atoms with Crippen LogP contribution in [0.15, 0.2) is 0 Å². The molecule has 0 unspecified atom stereocenters. The molecule has 0 radical (unpaired) electrons. The lowest BCUT2D eigenvalue weighted by atomic mass is 9.91. The Labute approximate surface area is 101 Å². The summed E-state index contributed by atoms with van der Waals surface area (Å²) in [4.78, 5) is 2.55. The van der Waals surface area contributed by atoms with Crippen molar-refractivity contribution in [2.75, 3.05) is 13.1 Å². The Morgan fingerprint density at radius 3 is 2.06 bits per heavy atom. The Balaban J connectivity index is 2.44. The smallest absolute Gasteiger partial charge is 0.0695 e. The van der Waals surface area contributed by atoms with Crippen LogP contribution in [0, 0.1) is 0 Å². The molecule has 0 aromatic heterocycles. The van der Waals surface area contributed by atoms with Gasteiger partial charge in [-0.05, 0) is 38.8 Å². The summed E-state index contributed by atoms with van der Waals surface area (Å²) in [7, 11) is 0. The second kappa shape index (κ2) is 8.08. The van der Waals surface area contributed by atoms with Gasteiger partial charge >= 0.3 is 0 Å². The van der Waals surface area contributed by atoms with E-state index in [-0.39, 0.29) is 6.10 Å². The lowest BCUT2D eigenvalue weighted by molar-refractivity contribution is 0.0184. The van der Waals surface area contributed by atoms with Crippen LogP contribution < -0.4 is 0 Å². The van der Waals surface area contributed by atoms with E-state index in [1.165, 1.54) is 58.0 Å². The highest BCUT2D eigenvalue weighted by atomic mass is 16.3. The fourth-order valence-electron chi connectivity index (χ4n) is 2.68. The molecule has 0 spiro atoms. The Hall–Kier alpha value is -0.0800. The van der Waals surface area contributed by atoms with Crippen LogP contribution >= 0.6 is 0 Å². The van der Waals surface area contributed by atoms with E-state index in [1.807, 2.05) is 0 Å². The van der Waals surface area contributed by atoms with Crippen LogP contribution in [0.4, 0.5) is 0 Å². The minimum atomic E-state index is -0.0672. The third kappa shape index (κ3) is 4.42. The summed E-state index contributed by atoms with van der Waals surface area (Å²) in [5, 5.41) is 10.1. The molecule has 1 aliphatic rings. The molecule has 0 heterocycles. The van der Waals surface area contributed by atoms with Gasteiger partial charge in [0.05, 0.1) is 6.10 Å². The van der Waals surface area contributed by atoms with Gasteiger partial charge in [-0.2, -0.15) is 0 Å². The average Bonchev–Trinajstić information content (AvgIpc) is 2.31. The Bertz CT molecular complexity index is 164. The van der Waals surface area contributed by atoms with Crippen LogP contribution in [-0.2, 0) is 0 Å². The minimum Gasteiger partial charge on any atom is -0.391 e. The summed E-state index contributed by atoms with van der Waals surface area (Å²) < 4.78 is 0. The van der Waals surface area contributed by atoms with Crippen LogP contribution in [0.1, 0.15) is 65.2 Å². The van der Waals surface area contributed by atoms with Crippen molar-refractivity contribution in [2.45, 2.75) is 77.4 Å². The van der Waals surface area contributed by atoms with Gasteiger partial charge in [-0.1, -0.05) is 39.5 Å². The molecule has 1 saturated carbocycles. The van der Waals surface area contributed by atoms with Crippen molar-refractivity contribution in [3.05, 3.63) is 0 Å². The third-order valence-electron chi connectivity index (χ3n) is 3.76. The van der Waals surface area contributed by atoms with Crippen molar-refractivity contribution in [1.82, 2.24) is 4.90 Å². The van der Waals surface area contributed by atoms with Crippen molar-refractivity contribution in [2.24, 2.45) is 0 Å². The SMILES string of the molecule is CCCCN(CCCC)[C@@H]1CCCC[C@H]1O. The number of aliphatic hydroxyl groups is 1. The monoisotopic (exact) mass is 227 g/mol. The molecule has 0 aromatic carbocycles. The minimum absolute atomic E-state index is 0.0672. The number of nitrogens with zero attached hydrogens (tertiary/aromatic N) is 1. The second-order valence-electron chi connectivity index (χ2n) is 5.16. The Morgan fingerprint density at radius 2 is 1.56 bits per heavy atom. The number of hydrogen-bond acceptors (Lipinski definition) is 2. The van der Waals surface area contributed by atoms with E-state index in [2.05, 4.69) is 18.7 Å². The van der Waals surface area contributed by atoms with E-state index in [0.717, 1.165) is 6.42 Å². The first kappa shape index (κ1) is 14.0. The van der Waals surface area contributed by atoms with Gasteiger partial charge in [-0.15, -0.1) is 0 Å². The van der Waals surface area contributed by atoms with Gasteiger partial charge in [0.25, 0.3) is 0 Å². The zero-order valence-corrected chi connectivity index (χ0v) is 11.1. The molecular weight excluding hydrogens is 198 g/mol. The van der Waals surface area contributed by atoms with E-state index in [0.29, 0.717) is 6.04 Å². The molecule has 1 rings (SSSR count). The molecule has 1 N–H and O–H groups in total. The number of rotatable bonds is 7. The maximum atomic E-state index is 10.1. The molecule has 0 saturated heterocycles. The van der Waals surface area contributed by atoms with Gasteiger partial charge in [-0.25, -0.2) is 0 Å². The molecule has 96 valence electrons. The van der Waals surface area contributed by atoms with Crippen LogP contribution in [0.2, 0.25) is 0 Å². The summed E-state index contributed by atoms with van der Waals surface area (Å²) >= 11 is 0. The number of unbranched alkanes of at least 4 members (excludes halogenated alkanes) is 2. The fourth-order valence-corrected chi connectivity index (χ4v) is 2.68. The summed E-state index contributed by atoms with van der Waals surface area (Å²) in [6.07, 6.45) is 9.72. The molecule has 2 nitrogen and oxygen atoms in total. The highest BCUT2D eigenvalue weighted by molar-refractivity contribution is 4.83. The topological polar surface area (TPSA) is 23.5 Å². The van der Waals surface area contributed by atoms with Crippen molar-refractivity contribution >= 4 is 0 Å². The van der Waals surface area contributed by atoms with Crippen molar-refractivity contribution in [3.63, 3.8) is 0 Å². The molecule has 16 heavy (non-hydrogen) atoms. The highest BCUT2D eigenvalue weighted by Crippen LogP contribution is 2.23. The summed E-state index contributed by atoms with van der Waals surface area (Å²) in [6.45, 7) is 6.85. The first-order valence-electron chi connectivity index (χ1n) is 7.21. The maximum absolute atomic E-state index is 10.1. The van der Waals surface area contributed by atoms with E-state index in [4.69, 9.17) is 0 Å². The lowest BCUT2D eigenvalue weighted by Gasteiger charge is -2.37. The fraction of sp³-hybridized carbons (Fsp3) is 1.00. The highest BCUT2D eigenvalue weighted by Gasteiger charge is 2.27. The van der Waals surface area contributed by atoms with Crippen molar-refractivity contribution in [3.8, 4) is 0 Å². The average molecular weight is 227 g/mol. The molecule has 0 aromatic rings. The van der Waals surface area contributed by atoms with Crippen molar-refractivity contribution < 1.29 is 5.11 Å². The molecule has 1 fully saturated rings. The maximum Gasteiger partial charge on any atom is 0.0695 e. The Morgan fingerprint density at radius 1 is 1.00 bits per heavy atom. The van der Waals surface area contributed by atoms with Gasteiger partial charge in [0.15, 0.2) is 0 Å². The van der Waals surface area contributed by atoms with Crippen LogP contribution in [0.5, 0.6) is 0 Å². The van der Waals surface area contributed by atoms with Gasteiger partial charge in [-0.3, -0.25) is 4.90 Å². The summed E-state index contributed by atoms with van der Waals surface area (Å²) in [5.41, 5.74) is 0. The molecule has 0 aliphatic heterocycles. The quantitative estimate of drug-likeness (QED) is 0.722. The van der Waals surface area contributed by atoms with E-state index < -0.39 is 0 Å². The Kier molecular flexibility index (Phi) is 7.06. The third-order valence-corrected chi connectivity index (χ3v) is 3.76. The summed E-state index contributed by atoms with van der Waals surface area (Å²) in [5.74, 6) is 0. The van der Waals surface area contributed by atoms with Gasteiger partial charge < -0.3 is 5.11 Å². The molecule has 2 atom stereocenters. The van der Waals surface area contributed by atoms with E-state index in [9.17, 15) is 5.11 Å². The molecule has 1 aliphatic carbocycles. The van der Waals surface area contributed by atoms with Crippen LogP contribution in [0.3, 0.4) is 0 Å². The molecule has 0 amide bonds. The zero-order chi connectivity index (χ0) is 11.8. The lowest BCUT2D eigenvalue weighted by Crippen LogP contribution is -2.46. The van der Waals surface area contributed by atoms with E-state index >= 15 is 0 Å². The molecular formula is C14H29NO. The second-order valence-corrected chi connectivity index (χ2v) is 5.16. The largest absolute Gasteiger partial charge is 0.391 e. The van der Waals surface area contributed by atoms with Crippen molar-refractivity contribution in [1.29, 1.82) is 0 Å². The first-order valence-corrected chi connectivity index (χ1v) is 7.21. The zero-order valence-electron chi connectivity index (χ0n) is 11.1. The predicted octanol–water partition coefficient (Wildman–Crippen LogP) is 3.19. The normalized spacial score (nSPS) is 26.2. The van der Waals surface area contributed by atoms with E-state index in [1.54, 1.807) is 0 Å². The number of aliphatic hydroxyl groups excluding tert-OH is 1. The predicted molar refractivity (Wildman–Crippen MR) is 69.7 cm³/mol. The van der Waals surface area contributed by atoms with Crippen LogP contribution in [0.25, 0.3) is 0 Å². The van der Waals surface area contributed by atoms with Gasteiger partial charge in [0.2, 0.25) is 0 Å². The number of hydrogen-bond donors (Lipinski definition) is 1. The molecule has 0 bridgehead atoms. The van der Waals surface area contributed by atoms with Gasteiger partial charge in [0.1, 0.15) is 0 Å². The molecule has 2 heteroatoms. The van der Waals surface area contributed by atoms with Crippen LogP contribution in [-0.4, -0.2) is 35.2 Å². The van der Waals surface area contributed by atoms with Gasteiger partial charge in [0, 0.05) is 6.04 Å². The summed E-state index contributed by atoms with van der Waals surface area (Å²) in [6, 6.07) is 0.451. The first-order chi connectivity index (χ1) is 7.79.